The second-order valence-corrected chi connectivity index (χ2v) is 9.06. The largest absolute Gasteiger partial charge is 0.416 e. The van der Waals surface area contributed by atoms with Crippen LogP contribution in [0.2, 0.25) is 0 Å². The van der Waals surface area contributed by atoms with Gasteiger partial charge in [0, 0.05) is 25.6 Å². The van der Waals surface area contributed by atoms with Crippen molar-refractivity contribution in [2.24, 2.45) is 0 Å². The molecule has 0 heterocycles. The van der Waals surface area contributed by atoms with Crippen LogP contribution in [0.3, 0.4) is 0 Å². The van der Waals surface area contributed by atoms with Crippen LogP contribution in [0.4, 0.5) is 26.3 Å². The number of carbonyl (C=O) groups is 1. The van der Waals surface area contributed by atoms with Crippen molar-refractivity contribution < 1.29 is 40.6 Å². The zero-order chi connectivity index (χ0) is 29.2. The maximum Gasteiger partial charge on any atom is 0.416 e. The van der Waals surface area contributed by atoms with Crippen molar-refractivity contribution in [1.82, 2.24) is 10.6 Å². The molecule has 3 aromatic rings. The number of hydrogen-bond donors (Lipinski definition) is 2. The Hall–Kier alpha value is -3.41. The molecule has 0 radical (unpaired) electrons. The molecule has 3 rings (SSSR count). The average molecular weight is 569 g/mol. The minimum absolute atomic E-state index is 0.0802. The molecule has 0 aliphatic rings. The van der Waals surface area contributed by atoms with E-state index in [2.05, 4.69) is 10.6 Å². The van der Waals surface area contributed by atoms with Crippen molar-refractivity contribution in [2.75, 3.05) is 33.4 Å². The fourth-order valence-corrected chi connectivity index (χ4v) is 4.24. The molecule has 0 fully saturated rings. The van der Waals surface area contributed by atoms with Gasteiger partial charge >= 0.3 is 12.4 Å². The summed E-state index contributed by atoms with van der Waals surface area (Å²) in [6, 6.07) is 19.5. The Morgan fingerprint density at radius 2 is 1.35 bits per heavy atom. The number of amides is 1. The molecule has 0 aliphatic heterocycles. The second-order valence-electron chi connectivity index (χ2n) is 9.06. The number of rotatable bonds is 13. The molecule has 1 atom stereocenters. The van der Waals surface area contributed by atoms with Crippen molar-refractivity contribution in [3.63, 3.8) is 0 Å². The van der Waals surface area contributed by atoms with Gasteiger partial charge in [-0.1, -0.05) is 60.7 Å². The number of ether oxygens (including phenoxy) is 2. The van der Waals surface area contributed by atoms with Crippen LogP contribution >= 0.6 is 0 Å². The van der Waals surface area contributed by atoms with Crippen LogP contribution in [0.25, 0.3) is 0 Å². The molecule has 0 aromatic heterocycles. The number of methoxy groups -OCH3 is 1. The summed E-state index contributed by atoms with van der Waals surface area (Å²) >= 11 is 0. The van der Waals surface area contributed by atoms with E-state index in [4.69, 9.17) is 9.47 Å². The van der Waals surface area contributed by atoms with Crippen LogP contribution in [0, 0.1) is 0 Å². The van der Waals surface area contributed by atoms with Gasteiger partial charge < -0.3 is 20.1 Å². The summed E-state index contributed by atoms with van der Waals surface area (Å²) in [6.45, 7) is -0.0868. The minimum atomic E-state index is -4.96. The Balaban J connectivity index is 1.86. The van der Waals surface area contributed by atoms with Crippen LogP contribution in [0.5, 0.6) is 0 Å². The first-order valence-electron chi connectivity index (χ1n) is 12.4. The lowest BCUT2D eigenvalue weighted by atomic mass is 9.85. The van der Waals surface area contributed by atoms with Gasteiger partial charge in [0.05, 0.1) is 37.5 Å². The van der Waals surface area contributed by atoms with Crippen LogP contribution in [0.1, 0.15) is 33.7 Å². The fraction of sp³-hybridized carbons (Fsp3) is 0.345. The van der Waals surface area contributed by atoms with Gasteiger partial charge in [-0.05, 0) is 34.9 Å². The van der Waals surface area contributed by atoms with E-state index in [9.17, 15) is 31.1 Å². The quantitative estimate of drug-likeness (QED) is 0.202. The maximum atomic E-state index is 13.3. The van der Waals surface area contributed by atoms with Gasteiger partial charge in [-0.3, -0.25) is 4.79 Å². The van der Waals surface area contributed by atoms with Crippen molar-refractivity contribution in [1.29, 1.82) is 0 Å². The maximum absolute atomic E-state index is 13.3. The van der Waals surface area contributed by atoms with Crippen molar-refractivity contribution in [3.05, 3.63) is 107 Å². The molecule has 1 amide bonds. The van der Waals surface area contributed by atoms with Gasteiger partial charge in [0.25, 0.3) is 0 Å². The SMILES string of the molecule is COCCNC(=O)CNC(COCc1cc(C(F)(F)F)cc(C(F)(F)F)c1)C(c1ccccc1)c1ccccc1. The molecule has 0 spiro atoms. The number of halogens is 6. The molecule has 0 saturated heterocycles. The molecule has 0 aliphatic carbocycles. The van der Waals surface area contributed by atoms with Crippen LogP contribution < -0.4 is 10.6 Å². The highest BCUT2D eigenvalue weighted by Gasteiger charge is 2.37. The van der Waals surface area contributed by atoms with E-state index in [-0.39, 0.29) is 36.6 Å². The molecule has 0 bridgehead atoms. The summed E-state index contributed by atoms with van der Waals surface area (Å²) in [5.41, 5.74) is -1.32. The summed E-state index contributed by atoms with van der Waals surface area (Å²) in [5, 5.41) is 5.86. The van der Waals surface area contributed by atoms with Gasteiger partial charge in [0.2, 0.25) is 5.91 Å². The van der Waals surface area contributed by atoms with E-state index >= 15 is 0 Å². The third-order valence-electron chi connectivity index (χ3n) is 6.09. The average Bonchev–Trinajstić information content (AvgIpc) is 2.92. The van der Waals surface area contributed by atoms with Gasteiger partial charge in [-0.15, -0.1) is 0 Å². The van der Waals surface area contributed by atoms with Crippen LogP contribution in [-0.2, 0) is 33.2 Å². The Morgan fingerprint density at radius 3 is 1.82 bits per heavy atom. The monoisotopic (exact) mass is 568 g/mol. The van der Waals surface area contributed by atoms with Crippen molar-refractivity contribution >= 4 is 5.91 Å². The fourth-order valence-electron chi connectivity index (χ4n) is 4.24. The summed E-state index contributed by atoms with van der Waals surface area (Å²) in [5.74, 6) is -0.656. The molecular formula is C29H30F6N2O3. The first-order valence-corrected chi connectivity index (χ1v) is 12.4. The highest BCUT2D eigenvalue weighted by molar-refractivity contribution is 5.78. The molecular weight excluding hydrogens is 538 g/mol. The summed E-state index contributed by atoms with van der Waals surface area (Å²) in [7, 11) is 1.50. The smallest absolute Gasteiger partial charge is 0.383 e. The number of nitrogens with one attached hydrogen (secondary N) is 2. The molecule has 11 heteroatoms. The third kappa shape index (κ3) is 9.35. The number of alkyl halides is 6. The standard InChI is InChI=1S/C29H30F6N2O3/c1-39-13-12-36-26(38)17-37-25(27(21-8-4-2-5-9-21)22-10-6-3-7-11-22)19-40-18-20-14-23(28(30,31)32)16-24(15-20)29(33,34)35/h2-11,14-16,25,27,37H,12-13,17-19H2,1H3,(H,36,38). The van der Waals surface area contributed by atoms with Gasteiger partial charge in [-0.25, -0.2) is 0 Å². The zero-order valence-corrected chi connectivity index (χ0v) is 21.7. The number of benzene rings is 3. The Morgan fingerprint density at radius 1 is 0.825 bits per heavy atom. The molecule has 3 aromatic carbocycles. The molecule has 5 nitrogen and oxygen atoms in total. The first kappa shape index (κ1) is 31.1. The Labute approximate surface area is 228 Å². The van der Waals surface area contributed by atoms with E-state index in [1.807, 2.05) is 60.7 Å². The predicted molar refractivity (Wildman–Crippen MR) is 138 cm³/mol. The molecule has 0 saturated carbocycles. The molecule has 1 unspecified atom stereocenters. The number of hydrogen-bond acceptors (Lipinski definition) is 4. The van der Waals surface area contributed by atoms with E-state index < -0.39 is 36.1 Å². The first-order chi connectivity index (χ1) is 19.0. The van der Waals surface area contributed by atoms with E-state index in [1.165, 1.54) is 7.11 Å². The van der Waals surface area contributed by atoms with Gasteiger partial charge in [0.1, 0.15) is 0 Å². The summed E-state index contributed by atoms with van der Waals surface area (Å²) < 4.78 is 90.4. The van der Waals surface area contributed by atoms with E-state index in [1.54, 1.807) is 0 Å². The zero-order valence-electron chi connectivity index (χ0n) is 21.7. The van der Waals surface area contributed by atoms with Crippen LogP contribution in [-0.4, -0.2) is 45.4 Å². The number of carbonyl (C=O) groups excluding carboxylic acids is 1. The van der Waals surface area contributed by atoms with Gasteiger partial charge in [-0.2, -0.15) is 26.3 Å². The van der Waals surface area contributed by atoms with Crippen molar-refractivity contribution in [2.45, 2.75) is 30.9 Å². The normalized spacial score (nSPS) is 12.9. The lowest BCUT2D eigenvalue weighted by molar-refractivity contribution is -0.143. The summed E-state index contributed by atoms with van der Waals surface area (Å²) in [6.07, 6.45) is -9.91. The lowest BCUT2D eigenvalue weighted by Crippen LogP contribution is -2.45. The lowest BCUT2D eigenvalue weighted by Gasteiger charge is -2.29. The highest BCUT2D eigenvalue weighted by atomic mass is 19.4. The molecule has 2 N–H and O–H groups in total. The van der Waals surface area contributed by atoms with E-state index in [0.717, 1.165) is 11.1 Å². The minimum Gasteiger partial charge on any atom is -0.383 e. The van der Waals surface area contributed by atoms with E-state index in [0.29, 0.717) is 25.3 Å². The Kier molecular flexibility index (Phi) is 11.1. The third-order valence-corrected chi connectivity index (χ3v) is 6.09. The van der Waals surface area contributed by atoms with Gasteiger partial charge in [0.15, 0.2) is 0 Å². The summed E-state index contributed by atoms with van der Waals surface area (Å²) in [4.78, 5) is 12.4. The van der Waals surface area contributed by atoms with Crippen molar-refractivity contribution in [3.8, 4) is 0 Å². The topological polar surface area (TPSA) is 59.6 Å². The predicted octanol–water partition coefficient (Wildman–Crippen LogP) is 5.79. The highest BCUT2D eigenvalue weighted by Crippen LogP contribution is 2.36. The second kappa shape index (κ2) is 14.3. The Bertz CT molecular complexity index is 1130. The molecule has 216 valence electrons. The molecule has 40 heavy (non-hydrogen) atoms. The van der Waals surface area contributed by atoms with Crippen LogP contribution in [0.15, 0.2) is 78.9 Å².